The second-order valence-electron chi connectivity index (χ2n) is 7.63. The molecule has 4 rings (SSSR count). The largest absolute Gasteiger partial charge is 0.349 e. The molecule has 0 radical (unpaired) electrons. The summed E-state index contributed by atoms with van der Waals surface area (Å²) in [7, 11) is 0. The Labute approximate surface area is 159 Å². The molecule has 2 aliphatic heterocycles. The molecule has 0 spiro atoms. The van der Waals surface area contributed by atoms with Gasteiger partial charge in [0.15, 0.2) is 0 Å². The van der Waals surface area contributed by atoms with E-state index in [2.05, 4.69) is 10.2 Å². The van der Waals surface area contributed by atoms with Crippen LogP contribution in [-0.4, -0.2) is 53.3 Å². The molecule has 0 unspecified atom stereocenters. The highest BCUT2D eigenvalue weighted by Gasteiger charge is 2.47. The lowest BCUT2D eigenvalue weighted by molar-refractivity contribution is -0.142. The third-order valence-corrected chi connectivity index (χ3v) is 5.90. The van der Waals surface area contributed by atoms with Gasteiger partial charge < -0.3 is 5.32 Å². The third kappa shape index (κ3) is 3.67. The Morgan fingerprint density at radius 3 is 2.15 bits per heavy atom. The quantitative estimate of drug-likeness (QED) is 0.651. The summed E-state index contributed by atoms with van der Waals surface area (Å²) in [5.41, 5.74) is 0.671. The number of nitrogens with one attached hydrogen (secondary N) is 1. The van der Waals surface area contributed by atoms with Gasteiger partial charge >= 0.3 is 0 Å². The number of carbonyl (C=O) groups excluding carboxylic acids is 3. The van der Waals surface area contributed by atoms with E-state index in [0.29, 0.717) is 25.1 Å². The van der Waals surface area contributed by atoms with Gasteiger partial charge in [0.2, 0.25) is 11.8 Å². The lowest BCUT2D eigenvalue weighted by Gasteiger charge is -2.34. The summed E-state index contributed by atoms with van der Waals surface area (Å²) in [5.74, 6) is -0.409. The maximum absolute atomic E-state index is 12.6. The lowest BCUT2D eigenvalue weighted by atomic mass is 9.85. The van der Waals surface area contributed by atoms with E-state index < -0.39 is 0 Å². The number of amides is 3. The molecular weight excluding hydrogens is 342 g/mol. The summed E-state index contributed by atoms with van der Waals surface area (Å²) in [5, 5.41) is 3.09. The molecule has 1 N–H and O–H groups in total. The summed E-state index contributed by atoms with van der Waals surface area (Å²) in [4.78, 5) is 41.0. The first-order valence-electron chi connectivity index (χ1n) is 9.72. The van der Waals surface area contributed by atoms with Gasteiger partial charge in [0, 0.05) is 24.7 Å². The predicted octanol–water partition coefficient (Wildman–Crippen LogP) is 1.79. The Hall–Kier alpha value is -2.47. The van der Waals surface area contributed by atoms with Crippen LogP contribution in [0.2, 0.25) is 0 Å². The van der Waals surface area contributed by atoms with Crippen LogP contribution in [0, 0.1) is 11.8 Å². The van der Waals surface area contributed by atoms with Crippen LogP contribution < -0.4 is 5.32 Å². The van der Waals surface area contributed by atoms with E-state index in [1.165, 1.54) is 4.90 Å². The summed E-state index contributed by atoms with van der Waals surface area (Å²) in [6, 6.07) is 9.35. The smallest absolute Gasteiger partial charge is 0.251 e. The van der Waals surface area contributed by atoms with Crippen LogP contribution in [0.4, 0.5) is 0 Å². The van der Waals surface area contributed by atoms with Crippen molar-refractivity contribution in [2.75, 3.05) is 19.8 Å². The van der Waals surface area contributed by atoms with Crippen LogP contribution in [0.5, 0.6) is 0 Å². The van der Waals surface area contributed by atoms with E-state index in [9.17, 15) is 14.4 Å². The van der Waals surface area contributed by atoms with Crippen molar-refractivity contribution in [2.24, 2.45) is 11.8 Å². The molecule has 3 amide bonds. The van der Waals surface area contributed by atoms with E-state index in [1.54, 1.807) is 0 Å². The molecule has 3 aliphatic rings. The van der Waals surface area contributed by atoms with Crippen molar-refractivity contribution in [3.05, 3.63) is 48.0 Å². The molecule has 6 nitrogen and oxygen atoms in total. The zero-order chi connectivity index (χ0) is 18.8. The average Bonchev–Trinajstić information content (AvgIpc) is 2.95. The van der Waals surface area contributed by atoms with E-state index in [1.807, 2.05) is 42.5 Å². The Bertz CT molecular complexity index is 727. The Balaban J connectivity index is 1.28. The number of rotatable bonds is 4. The number of benzene rings is 1. The number of allylic oxidation sites excluding steroid dienone is 2. The van der Waals surface area contributed by atoms with Crippen LogP contribution in [-0.2, 0) is 9.59 Å². The molecular formula is C21H25N3O3. The van der Waals surface area contributed by atoms with Crippen molar-refractivity contribution in [3.8, 4) is 0 Å². The van der Waals surface area contributed by atoms with Gasteiger partial charge in [-0.3, -0.25) is 24.2 Å². The summed E-state index contributed by atoms with van der Waals surface area (Å²) < 4.78 is 0. The number of nitrogens with zero attached hydrogens (tertiary/aromatic N) is 2. The van der Waals surface area contributed by atoms with Crippen molar-refractivity contribution >= 4 is 17.7 Å². The highest BCUT2D eigenvalue weighted by atomic mass is 16.2. The van der Waals surface area contributed by atoms with Gasteiger partial charge in [-0.05, 0) is 37.8 Å². The molecule has 2 atom stereocenters. The first-order chi connectivity index (χ1) is 13.1. The second kappa shape index (κ2) is 7.64. The molecule has 1 aromatic rings. The zero-order valence-corrected chi connectivity index (χ0v) is 15.3. The summed E-state index contributed by atoms with van der Waals surface area (Å²) in [6.07, 6.45) is 7.03. The van der Waals surface area contributed by atoms with Gasteiger partial charge in [-0.2, -0.15) is 0 Å². The first kappa shape index (κ1) is 17.9. The standard InChI is InChI=1S/C21H25N3O3/c25-19(15-6-2-1-3-7-15)22-16-10-12-23(13-11-16)14-24-20(26)17-8-4-5-9-18(17)21(24)27/h1-7,16-18H,8-14H2,(H,22,25)/t17-,18-/m0/s1. The Morgan fingerprint density at radius 2 is 1.56 bits per heavy atom. The molecule has 0 aromatic heterocycles. The fourth-order valence-electron chi connectivity index (χ4n) is 4.29. The minimum Gasteiger partial charge on any atom is -0.349 e. The second-order valence-corrected chi connectivity index (χ2v) is 7.63. The molecule has 2 heterocycles. The highest BCUT2D eigenvalue weighted by molar-refractivity contribution is 6.05. The average molecular weight is 367 g/mol. The van der Waals surface area contributed by atoms with Gasteiger partial charge in [0.25, 0.3) is 5.91 Å². The number of likely N-dealkylation sites (tertiary alicyclic amines) is 2. The van der Waals surface area contributed by atoms with Crippen molar-refractivity contribution in [3.63, 3.8) is 0 Å². The minimum atomic E-state index is -0.162. The van der Waals surface area contributed by atoms with Crippen molar-refractivity contribution in [1.82, 2.24) is 15.1 Å². The molecule has 2 fully saturated rings. The van der Waals surface area contributed by atoms with Crippen LogP contribution >= 0.6 is 0 Å². The molecule has 6 heteroatoms. The van der Waals surface area contributed by atoms with Gasteiger partial charge in [-0.1, -0.05) is 30.4 Å². The minimum absolute atomic E-state index is 0.0196. The van der Waals surface area contributed by atoms with Gasteiger partial charge in [-0.15, -0.1) is 0 Å². The van der Waals surface area contributed by atoms with E-state index in [0.717, 1.165) is 25.9 Å². The summed E-state index contributed by atoms with van der Waals surface area (Å²) in [6.45, 7) is 1.92. The highest BCUT2D eigenvalue weighted by Crippen LogP contribution is 2.35. The first-order valence-corrected chi connectivity index (χ1v) is 9.72. The SMILES string of the molecule is O=C(NC1CCN(CN2C(=O)[C@H]3CC=CC[C@@H]3C2=O)CC1)c1ccccc1. The van der Waals surface area contributed by atoms with Crippen LogP contribution in [0.1, 0.15) is 36.0 Å². The van der Waals surface area contributed by atoms with E-state index in [4.69, 9.17) is 0 Å². The maximum atomic E-state index is 12.6. The number of hydrogen-bond donors (Lipinski definition) is 1. The summed E-state index contributed by atoms with van der Waals surface area (Å²) >= 11 is 0. The van der Waals surface area contributed by atoms with E-state index >= 15 is 0 Å². The normalized spacial score (nSPS) is 26.3. The maximum Gasteiger partial charge on any atom is 0.251 e. The Morgan fingerprint density at radius 1 is 0.963 bits per heavy atom. The van der Waals surface area contributed by atoms with Crippen LogP contribution in [0.25, 0.3) is 0 Å². The third-order valence-electron chi connectivity index (χ3n) is 5.90. The van der Waals surface area contributed by atoms with E-state index in [-0.39, 0.29) is 35.6 Å². The van der Waals surface area contributed by atoms with Crippen molar-refractivity contribution in [1.29, 1.82) is 0 Å². The van der Waals surface area contributed by atoms with Gasteiger partial charge in [-0.25, -0.2) is 0 Å². The van der Waals surface area contributed by atoms with Crippen molar-refractivity contribution < 1.29 is 14.4 Å². The number of carbonyl (C=O) groups is 3. The molecule has 27 heavy (non-hydrogen) atoms. The fourth-order valence-corrected chi connectivity index (χ4v) is 4.29. The van der Waals surface area contributed by atoms with Crippen LogP contribution in [0.15, 0.2) is 42.5 Å². The number of imide groups is 1. The monoisotopic (exact) mass is 367 g/mol. The number of fused-ring (bicyclic) bond motifs is 1. The van der Waals surface area contributed by atoms with Gasteiger partial charge in [0.05, 0.1) is 18.5 Å². The molecule has 0 saturated carbocycles. The van der Waals surface area contributed by atoms with Crippen LogP contribution in [0.3, 0.4) is 0 Å². The Kier molecular flexibility index (Phi) is 5.07. The number of hydrogen-bond acceptors (Lipinski definition) is 4. The van der Waals surface area contributed by atoms with Gasteiger partial charge in [0.1, 0.15) is 0 Å². The molecule has 1 aliphatic carbocycles. The topological polar surface area (TPSA) is 69.7 Å². The number of piperidine rings is 1. The van der Waals surface area contributed by atoms with Crippen molar-refractivity contribution in [2.45, 2.75) is 31.7 Å². The predicted molar refractivity (Wildman–Crippen MR) is 101 cm³/mol. The lowest BCUT2D eigenvalue weighted by Crippen LogP contribution is -2.49. The molecule has 0 bridgehead atoms. The molecule has 142 valence electrons. The zero-order valence-electron chi connectivity index (χ0n) is 15.3. The fraction of sp³-hybridized carbons (Fsp3) is 0.476. The molecule has 1 aromatic carbocycles. The molecule has 2 saturated heterocycles.